The van der Waals surface area contributed by atoms with Crippen molar-refractivity contribution < 1.29 is 14.4 Å². The number of rotatable bonds is 4. The Labute approximate surface area is 170 Å². The van der Waals surface area contributed by atoms with Gasteiger partial charge in [-0.05, 0) is 68.4 Å². The molecule has 0 radical (unpaired) electrons. The van der Waals surface area contributed by atoms with Crippen molar-refractivity contribution in [1.29, 1.82) is 0 Å². The molecule has 2 N–H and O–H groups in total. The Bertz CT molecular complexity index is 1030. The standard InChI is InChI=1S/C23H25N3O3/c1-14-7-10-19(15(2)11-14)24-20(27)13-26-21(28)23(3,25-22(26)29)18-9-8-16-5-4-6-17(16)12-18/h7-12H,4-6,13H2,1-3H3,(H,24,27)(H,25,29)/t23-/m1/s1. The second-order valence-corrected chi connectivity index (χ2v) is 8.15. The first-order chi connectivity index (χ1) is 13.8. The number of carbonyl (C=O) groups is 3. The predicted octanol–water partition coefficient (Wildman–Crippen LogP) is 3.20. The summed E-state index contributed by atoms with van der Waals surface area (Å²) in [5, 5.41) is 5.58. The van der Waals surface area contributed by atoms with E-state index in [0.29, 0.717) is 5.69 Å². The average Bonchev–Trinajstić information content (AvgIpc) is 3.22. The maximum Gasteiger partial charge on any atom is 0.325 e. The molecule has 4 amide bonds. The Morgan fingerprint density at radius 2 is 1.86 bits per heavy atom. The second kappa shape index (κ2) is 7.03. The number of nitrogens with zero attached hydrogens (tertiary/aromatic N) is 1. The summed E-state index contributed by atoms with van der Waals surface area (Å²) in [4.78, 5) is 39.1. The van der Waals surface area contributed by atoms with Gasteiger partial charge in [-0.3, -0.25) is 14.5 Å². The van der Waals surface area contributed by atoms with Crippen molar-refractivity contribution in [2.75, 3.05) is 11.9 Å². The van der Waals surface area contributed by atoms with Crippen LogP contribution in [0.5, 0.6) is 0 Å². The van der Waals surface area contributed by atoms with Crippen molar-refractivity contribution >= 4 is 23.5 Å². The Kier molecular flexibility index (Phi) is 4.65. The van der Waals surface area contributed by atoms with E-state index >= 15 is 0 Å². The Balaban J connectivity index is 1.51. The smallest absolute Gasteiger partial charge is 0.324 e. The molecule has 0 spiro atoms. The number of urea groups is 1. The topological polar surface area (TPSA) is 78.5 Å². The van der Waals surface area contributed by atoms with Gasteiger partial charge in [0, 0.05) is 5.69 Å². The summed E-state index contributed by atoms with van der Waals surface area (Å²) >= 11 is 0. The van der Waals surface area contributed by atoms with E-state index in [9.17, 15) is 14.4 Å². The Hall–Kier alpha value is -3.15. The Morgan fingerprint density at radius 3 is 2.62 bits per heavy atom. The van der Waals surface area contributed by atoms with Crippen LogP contribution < -0.4 is 10.6 Å². The van der Waals surface area contributed by atoms with E-state index in [1.807, 2.05) is 50.2 Å². The van der Waals surface area contributed by atoms with Gasteiger partial charge >= 0.3 is 6.03 Å². The highest BCUT2D eigenvalue weighted by atomic mass is 16.2. The van der Waals surface area contributed by atoms with E-state index < -0.39 is 23.4 Å². The van der Waals surface area contributed by atoms with E-state index in [1.165, 1.54) is 11.1 Å². The van der Waals surface area contributed by atoms with Crippen LogP contribution in [0.4, 0.5) is 10.5 Å². The van der Waals surface area contributed by atoms with Gasteiger partial charge in [0.15, 0.2) is 0 Å². The third-order valence-corrected chi connectivity index (χ3v) is 5.91. The number of hydrogen-bond acceptors (Lipinski definition) is 3. The maximum atomic E-state index is 13.1. The maximum absolute atomic E-state index is 13.1. The first kappa shape index (κ1) is 19.2. The van der Waals surface area contributed by atoms with Crippen molar-refractivity contribution in [2.45, 2.75) is 45.6 Å². The van der Waals surface area contributed by atoms with Gasteiger partial charge in [0.2, 0.25) is 5.91 Å². The van der Waals surface area contributed by atoms with Crippen molar-refractivity contribution in [3.8, 4) is 0 Å². The van der Waals surface area contributed by atoms with Crippen molar-refractivity contribution in [2.24, 2.45) is 0 Å². The van der Waals surface area contributed by atoms with Crippen molar-refractivity contribution in [1.82, 2.24) is 10.2 Å². The Morgan fingerprint density at radius 1 is 1.10 bits per heavy atom. The molecule has 2 aliphatic rings. The molecule has 0 bridgehead atoms. The molecule has 0 unspecified atom stereocenters. The van der Waals surface area contributed by atoms with Crippen molar-refractivity contribution in [3.63, 3.8) is 0 Å². The SMILES string of the molecule is Cc1ccc(NC(=O)CN2C(=O)N[C@](C)(c3ccc4c(c3)CCC4)C2=O)c(C)c1. The van der Waals surface area contributed by atoms with Gasteiger partial charge < -0.3 is 10.6 Å². The quantitative estimate of drug-likeness (QED) is 0.786. The van der Waals surface area contributed by atoms with Crippen LogP contribution in [-0.4, -0.2) is 29.3 Å². The number of fused-ring (bicyclic) bond motifs is 1. The predicted molar refractivity (Wildman–Crippen MR) is 111 cm³/mol. The lowest BCUT2D eigenvalue weighted by Gasteiger charge is -2.23. The summed E-state index contributed by atoms with van der Waals surface area (Å²) in [5.74, 6) is -0.810. The molecular weight excluding hydrogens is 366 g/mol. The zero-order valence-corrected chi connectivity index (χ0v) is 17.0. The van der Waals surface area contributed by atoms with E-state index in [-0.39, 0.29) is 6.54 Å². The molecule has 1 atom stereocenters. The fourth-order valence-electron chi connectivity index (χ4n) is 4.21. The van der Waals surface area contributed by atoms with E-state index in [0.717, 1.165) is 40.9 Å². The van der Waals surface area contributed by atoms with Gasteiger partial charge in [0.1, 0.15) is 12.1 Å². The fraction of sp³-hybridized carbons (Fsp3) is 0.348. The van der Waals surface area contributed by atoms with Gasteiger partial charge in [-0.2, -0.15) is 0 Å². The van der Waals surface area contributed by atoms with Crippen molar-refractivity contribution in [3.05, 3.63) is 64.2 Å². The number of hydrogen-bond donors (Lipinski definition) is 2. The minimum atomic E-state index is -1.16. The van der Waals surface area contributed by atoms with Gasteiger partial charge in [-0.15, -0.1) is 0 Å². The van der Waals surface area contributed by atoms with Gasteiger partial charge in [-0.25, -0.2) is 4.79 Å². The lowest BCUT2D eigenvalue weighted by molar-refractivity contribution is -0.133. The molecule has 0 saturated carbocycles. The summed E-state index contributed by atoms with van der Waals surface area (Å²) in [6, 6.07) is 11.1. The molecule has 0 aromatic heterocycles. The van der Waals surface area contributed by atoms with Crippen LogP contribution in [0.25, 0.3) is 0 Å². The molecular formula is C23H25N3O3. The van der Waals surface area contributed by atoms with E-state index in [1.54, 1.807) is 6.92 Å². The van der Waals surface area contributed by atoms with E-state index in [2.05, 4.69) is 10.6 Å². The van der Waals surface area contributed by atoms with Crippen LogP contribution >= 0.6 is 0 Å². The molecule has 1 aliphatic carbocycles. The first-order valence-corrected chi connectivity index (χ1v) is 9.91. The largest absolute Gasteiger partial charge is 0.325 e. The van der Waals surface area contributed by atoms with Crippen LogP contribution in [0.1, 0.15) is 41.2 Å². The molecule has 1 heterocycles. The second-order valence-electron chi connectivity index (χ2n) is 8.15. The summed E-state index contributed by atoms with van der Waals surface area (Å²) in [5.41, 5.74) is 4.84. The third-order valence-electron chi connectivity index (χ3n) is 5.91. The third kappa shape index (κ3) is 3.39. The van der Waals surface area contributed by atoms with Gasteiger partial charge in [0.05, 0.1) is 0 Å². The number of amides is 4. The minimum absolute atomic E-state index is 0.321. The van der Waals surface area contributed by atoms with Gasteiger partial charge in [0.25, 0.3) is 5.91 Å². The average molecular weight is 391 g/mol. The molecule has 29 heavy (non-hydrogen) atoms. The number of aryl methyl sites for hydroxylation is 4. The lowest BCUT2D eigenvalue weighted by Crippen LogP contribution is -2.42. The highest BCUT2D eigenvalue weighted by Gasteiger charge is 2.49. The minimum Gasteiger partial charge on any atom is -0.324 e. The molecule has 2 aromatic carbocycles. The number of imide groups is 1. The fourth-order valence-corrected chi connectivity index (χ4v) is 4.21. The van der Waals surface area contributed by atoms with Crippen LogP contribution in [0.15, 0.2) is 36.4 Å². The van der Waals surface area contributed by atoms with Crippen LogP contribution in [0, 0.1) is 13.8 Å². The van der Waals surface area contributed by atoms with Crippen LogP contribution in [-0.2, 0) is 28.0 Å². The lowest BCUT2D eigenvalue weighted by atomic mass is 9.89. The van der Waals surface area contributed by atoms with E-state index in [4.69, 9.17) is 0 Å². The first-order valence-electron chi connectivity index (χ1n) is 9.91. The highest BCUT2D eigenvalue weighted by molar-refractivity contribution is 6.10. The van der Waals surface area contributed by atoms with Gasteiger partial charge in [-0.1, -0.05) is 35.9 Å². The molecule has 1 aliphatic heterocycles. The zero-order valence-electron chi connectivity index (χ0n) is 17.0. The van der Waals surface area contributed by atoms with Crippen LogP contribution in [0.2, 0.25) is 0 Å². The molecule has 150 valence electrons. The summed E-state index contributed by atoms with van der Waals surface area (Å²) in [6.45, 7) is 5.26. The summed E-state index contributed by atoms with van der Waals surface area (Å²) in [6.07, 6.45) is 3.15. The molecule has 4 rings (SSSR count). The monoisotopic (exact) mass is 391 g/mol. The van der Waals surface area contributed by atoms with Crippen LogP contribution in [0.3, 0.4) is 0 Å². The molecule has 6 heteroatoms. The molecule has 6 nitrogen and oxygen atoms in total. The number of benzene rings is 2. The molecule has 1 fully saturated rings. The number of carbonyl (C=O) groups excluding carboxylic acids is 3. The summed E-state index contributed by atoms with van der Waals surface area (Å²) in [7, 11) is 0. The number of nitrogens with one attached hydrogen (secondary N) is 2. The highest BCUT2D eigenvalue weighted by Crippen LogP contribution is 2.32. The zero-order chi connectivity index (χ0) is 20.8. The molecule has 2 aromatic rings. The molecule has 1 saturated heterocycles. The summed E-state index contributed by atoms with van der Waals surface area (Å²) < 4.78 is 0. The number of anilines is 1. The normalized spacial score (nSPS) is 20.6.